The summed E-state index contributed by atoms with van der Waals surface area (Å²) in [4.78, 5) is 9.34. The molecular formula is C18H21ClN6. The van der Waals surface area contributed by atoms with Crippen LogP contribution in [0.3, 0.4) is 0 Å². The van der Waals surface area contributed by atoms with Gasteiger partial charge in [-0.2, -0.15) is 15.1 Å². The van der Waals surface area contributed by atoms with E-state index in [0.29, 0.717) is 18.5 Å². The van der Waals surface area contributed by atoms with Crippen molar-refractivity contribution in [3.8, 4) is 0 Å². The van der Waals surface area contributed by atoms with Gasteiger partial charge in [-0.3, -0.25) is 4.68 Å². The van der Waals surface area contributed by atoms with Crippen LogP contribution in [0, 0.1) is 0 Å². The van der Waals surface area contributed by atoms with Gasteiger partial charge in [-0.25, -0.2) is 0 Å². The van der Waals surface area contributed by atoms with Gasteiger partial charge in [-0.1, -0.05) is 36.6 Å². The molecule has 7 heteroatoms. The highest BCUT2D eigenvalue weighted by Crippen LogP contribution is 2.25. The zero-order valence-electron chi connectivity index (χ0n) is 14.2. The minimum absolute atomic E-state index is 0.467. The highest BCUT2D eigenvalue weighted by atomic mass is 35.5. The normalized spacial score (nSPS) is 15.0. The van der Waals surface area contributed by atoms with E-state index in [-0.39, 0.29) is 0 Å². The van der Waals surface area contributed by atoms with E-state index in [2.05, 4.69) is 20.7 Å². The maximum atomic E-state index is 5.95. The van der Waals surface area contributed by atoms with Crippen LogP contribution in [-0.2, 0) is 13.6 Å². The van der Waals surface area contributed by atoms with Gasteiger partial charge in [0.15, 0.2) is 5.65 Å². The standard InChI is InChI=1S/C18H21ClN6/c1-25-17-15(11-21-25)16(20-10-12-6-8-13(19)9-7-12)23-18(24-17)22-14-4-2-3-5-14/h6-9,11,14H,2-5,10H2,1H3,(H2,20,22,23,24). The van der Waals surface area contributed by atoms with Crippen LogP contribution < -0.4 is 10.6 Å². The monoisotopic (exact) mass is 356 g/mol. The quantitative estimate of drug-likeness (QED) is 0.723. The van der Waals surface area contributed by atoms with Crippen LogP contribution in [-0.4, -0.2) is 25.8 Å². The van der Waals surface area contributed by atoms with Crippen molar-refractivity contribution in [2.24, 2.45) is 7.05 Å². The van der Waals surface area contributed by atoms with Crippen molar-refractivity contribution < 1.29 is 0 Å². The zero-order valence-corrected chi connectivity index (χ0v) is 14.9. The number of anilines is 2. The van der Waals surface area contributed by atoms with Gasteiger partial charge in [-0.15, -0.1) is 0 Å². The van der Waals surface area contributed by atoms with E-state index >= 15 is 0 Å². The van der Waals surface area contributed by atoms with Crippen molar-refractivity contribution in [1.82, 2.24) is 19.7 Å². The summed E-state index contributed by atoms with van der Waals surface area (Å²) in [5, 5.41) is 12.9. The number of aromatic nitrogens is 4. The number of nitrogens with zero attached hydrogens (tertiary/aromatic N) is 4. The van der Waals surface area contributed by atoms with Gasteiger partial charge < -0.3 is 10.6 Å². The highest BCUT2D eigenvalue weighted by Gasteiger charge is 2.18. The predicted octanol–water partition coefficient (Wildman–Crippen LogP) is 3.98. The molecule has 0 radical (unpaired) electrons. The van der Waals surface area contributed by atoms with Crippen molar-refractivity contribution >= 4 is 34.4 Å². The minimum Gasteiger partial charge on any atom is -0.365 e. The van der Waals surface area contributed by atoms with Crippen molar-refractivity contribution in [3.63, 3.8) is 0 Å². The van der Waals surface area contributed by atoms with Crippen LogP contribution in [0.5, 0.6) is 0 Å². The number of benzene rings is 1. The predicted molar refractivity (Wildman–Crippen MR) is 101 cm³/mol. The summed E-state index contributed by atoms with van der Waals surface area (Å²) in [6.07, 6.45) is 6.71. The van der Waals surface area contributed by atoms with Gasteiger partial charge in [0.1, 0.15) is 5.82 Å². The van der Waals surface area contributed by atoms with Gasteiger partial charge in [0.2, 0.25) is 5.95 Å². The van der Waals surface area contributed by atoms with E-state index in [1.54, 1.807) is 10.9 Å². The lowest BCUT2D eigenvalue weighted by Gasteiger charge is -2.14. The maximum Gasteiger partial charge on any atom is 0.226 e. The lowest BCUT2D eigenvalue weighted by Crippen LogP contribution is -2.17. The first kappa shape index (κ1) is 16.1. The smallest absolute Gasteiger partial charge is 0.226 e. The molecule has 4 rings (SSSR count). The average Bonchev–Trinajstić information content (AvgIpc) is 3.25. The van der Waals surface area contributed by atoms with Gasteiger partial charge in [0.05, 0.1) is 11.6 Å². The first-order valence-electron chi connectivity index (χ1n) is 8.63. The molecule has 0 amide bonds. The molecule has 0 atom stereocenters. The van der Waals surface area contributed by atoms with E-state index in [0.717, 1.165) is 27.4 Å². The molecule has 1 saturated carbocycles. The molecule has 1 fully saturated rings. The lowest BCUT2D eigenvalue weighted by molar-refractivity contribution is 0.741. The number of halogens is 1. The minimum atomic E-state index is 0.467. The Morgan fingerprint density at radius 3 is 2.68 bits per heavy atom. The SMILES string of the molecule is Cn1ncc2c(NCc3ccc(Cl)cc3)nc(NC3CCCC3)nc21. The van der Waals surface area contributed by atoms with Crippen molar-refractivity contribution in [2.75, 3.05) is 10.6 Å². The van der Waals surface area contributed by atoms with Gasteiger partial charge >= 0.3 is 0 Å². The molecule has 6 nitrogen and oxygen atoms in total. The van der Waals surface area contributed by atoms with E-state index in [1.807, 2.05) is 31.3 Å². The number of nitrogens with one attached hydrogen (secondary N) is 2. The summed E-state index contributed by atoms with van der Waals surface area (Å²) in [6, 6.07) is 8.27. The van der Waals surface area contributed by atoms with Crippen LogP contribution in [0.25, 0.3) is 11.0 Å². The molecule has 0 spiro atoms. The maximum absolute atomic E-state index is 5.95. The van der Waals surface area contributed by atoms with Crippen molar-refractivity contribution in [1.29, 1.82) is 0 Å². The van der Waals surface area contributed by atoms with Crippen molar-refractivity contribution in [2.45, 2.75) is 38.3 Å². The van der Waals surface area contributed by atoms with E-state index in [1.165, 1.54) is 25.7 Å². The van der Waals surface area contributed by atoms with Crippen LogP contribution in [0.2, 0.25) is 5.02 Å². The van der Waals surface area contributed by atoms with E-state index < -0.39 is 0 Å². The first-order chi connectivity index (χ1) is 12.2. The van der Waals surface area contributed by atoms with Gasteiger partial charge in [0, 0.05) is 24.7 Å². The second-order valence-electron chi connectivity index (χ2n) is 6.51. The third-order valence-electron chi connectivity index (χ3n) is 4.65. The van der Waals surface area contributed by atoms with Crippen LogP contribution >= 0.6 is 11.6 Å². The van der Waals surface area contributed by atoms with Gasteiger partial charge in [0.25, 0.3) is 0 Å². The van der Waals surface area contributed by atoms with Crippen LogP contribution in [0.4, 0.5) is 11.8 Å². The van der Waals surface area contributed by atoms with E-state index in [9.17, 15) is 0 Å². The second kappa shape index (κ2) is 6.88. The Balaban J connectivity index is 1.60. The number of hydrogen-bond donors (Lipinski definition) is 2. The topological polar surface area (TPSA) is 67.7 Å². The molecule has 130 valence electrons. The molecule has 1 aliphatic rings. The Morgan fingerprint density at radius 2 is 1.92 bits per heavy atom. The molecule has 2 heterocycles. The summed E-state index contributed by atoms with van der Waals surface area (Å²) in [5.41, 5.74) is 1.97. The molecule has 2 N–H and O–H groups in total. The lowest BCUT2D eigenvalue weighted by atomic mass is 10.2. The molecule has 1 aromatic carbocycles. The highest BCUT2D eigenvalue weighted by molar-refractivity contribution is 6.30. The zero-order chi connectivity index (χ0) is 17.2. The largest absolute Gasteiger partial charge is 0.365 e. The number of rotatable bonds is 5. The Hall–Kier alpha value is -2.34. The fraction of sp³-hybridized carbons (Fsp3) is 0.389. The molecule has 2 aromatic heterocycles. The first-order valence-corrected chi connectivity index (χ1v) is 9.01. The molecule has 25 heavy (non-hydrogen) atoms. The fourth-order valence-electron chi connectivity index (χ4n) is 3.26. The molecule has 0 saturated heterocycles. The third-order valence-corrected chi connectivity index (χ3v) is 4.91. The number of fused-ring (bicyclic) bond motifs is 1. The van der Waals surface area contributed by atoms with Crippen LogP contribution in [0.1, 0.15) is 31.2 Å². The third kappa shape index (κ3) is 3.54. The van der Waals surface area contributed by atoms with Crippen LogP contribution in [0.15, 0.2) is 30.5 Å². The van der Waals surface area contributed by atoms with Crippen molar-refractivity contribution in [3.05, 3.63) is 41.0 Å². The summed E-state index contributed by atoms with van der Waals surface area (Å²) >= 11 is 5.95. The molecule has 0 bridgehead atoms. The fourth-order valence-corrected chi connectivity index (χ4v) is 3.39. The number of hydrogen-bond acceptors (Lipinski definition) is 5. The number of aryl methyl sites for hydroxylation is 1. The Morgan fingerprint density at radius 1 is 1.16 bits per heavy atom. The average molecular weight is 357 g/mol. The Labute approximate surface area is 151 Å². The molecule has 0 aliphatic heterocycles. The summed E-state index contributed by atoms with van der Waals surface area (Å²) in [5.74, 6) is 1.47. The van der Waals surface area contributed by atoms with Gasteiger partial charge in [-0.05, 0) is 30.5 Å². The summed E-state index contributed by atoms with van der Waals surface area (Å²) < 4.78 is 1.78. The molecule has 3 aromatic rings. The Kier molecular flexibility index (Phi) is 4.44. The Bertz CT molecular complexity index is 867. The summed E-state index contributed by atoms with van der Waals surface area (Å²) in [7, 11) is 1.90. The summed E-state index contributed by atoms with van der Waals surface area (Å²) in [6.45, 7) is 0.668. The molecule has 1 aliphatic carbocycles. The second-order valence-corrected chi connectivity index (χ2v) is 6.94. The van der Waals surface area contributed by atoms with E-state index in [4.69, 9.17) is 16.6 Å². The molecular weight excluding hydrogens is 336 g/mol. The molecule has 0 unspecified atom stereocenters.